The summed E-state index contributed by atoms with van der Waals surface area (Å²) in [5, 5.41) is 12.6. The van der Waals surface area contributed by atoms with E-state index >= 15 is 0 Å². The van der Waals surface area contributed by atoms with Crippen LogP contribution < -0.4 is 5.32 Å². The van der Waals surface area contributed by atoms with Gasteiger partial charge < -0.3 is 10.4 Å². The molecule has 0 amide bonds. The Morgan fingerprint density at radius 3 is 2.89 bits per heavy atom. The minimum absolute atomic E-state index is 0.440. The van der Waals surface area contributed by atoms with Crippen molar-refractivity contribution in [3.8, 4) is 0 Å². The van der Waals surface area contributed by atoms with Gasteiger partial charge in [-0.1, -0.05) is 31.2 Å². The summed E-state index contributed by atoms with van der Waals surface area (Å²) < 4.78 is 0. The van der Waals surface area contributed by atoms with Crippen molar-refractivity contribution in [2.24, 2.45) is 0 Å². The molecule has 0 saturated heterocycles. The van der Waals surface area contributed by atoms with Crippen molar-refractivity contribution >= 4 is 5.97 Å². The second-order valence-corrected chi connectivity index (χ2v) is 5.66. The van der Waals surface area contributed by atoms with Crippen LogP contribution in [-0.2, 0) is 11.2 Å². The molecule has 1 aromatic rings. The molecular formula is C16H23NO2. The minimum Gasteiger partial charge on any atom is -0.480 e. The highest BCUT2D eigenvalue weighted by atomic mass is 16.4. The number of hydrogen-bond acceptors (Lipinski definition) is 2. The van der Waals surface area contributed by atoms with Gasteiger partial charge in [0.25, 0.3) is 0 Å². The number of fused-ring (bicyclic) bond motifs is 1. The van der Waals surface area contributed by atoms with Crippen LogP contribution in [-0.4, -0.2) is 23.2 Å². The molecule has 0 fully saturated rings. The lowest BCUT2D eigenvalue weighted by Crippen LogP contribution is -2.50. The van der Waals surface area contributed by atoms with Crippen LogP contribution in [0.25, 0.3) is 0 Å². The number of aryl methyl sites for hydroxylation is 1. The molecule has 0 heterocycles. The van der Waals surface area contributed by atoms with Gasteiger partial charge in [0.15, 0.2) is 0 Å². The van der Waals surface area contributed by atoms with Crippen molar-refractivity contribution in [3.05, 3.63) is 35.4 Å². The molecule has 1 aromatic carbocycles. The Hall–Kier alpha value is -1.35. The van der Waals surface area contributed by atoms with Crippen molar-refractivity contribution < 1.29 is 9.90 Å². The summed E-state index contributed by atoms with van der Waals surface area (Å²) in [6.07, 6.45) is 4.08. The Kier molecular flexibility index (Phi) is 4.25. The molecule has 1 aliphatic carbocycles. The van der Waals surface area contributed by atoms with Gasteiger partial charge in [0, 0.05) is 6.54 Å². The van der Waals surface area contributed by atoms with Crippen LogP contribution in [0, 0.1) is 0 Å². The standard InChI is InChI=1S/C16H23NO2/c1-3-16(2,15(18)19)17-11-13-9-6-8-12-7-4-5-10-14(12)13/h4-5,7,10,13,17H,3,6,8-9,11H2,1-2H3,(H,18,19). The average molecular weight is 261 g/mol. The predicted molar refractivity (Wildman–Crippen MR) is 76.5 cm³/mol. The fourth-order valence-corrected chi connectivity index (χ4v) is 2.77. The van der Waals surface area contributed by atoms with Crippen molar-refractivity contribution in [2.45, 2.75) is 51.0 Å². The highest BCUT2D eigenvalue weighted by molar-refractivity contribution is 5.78. The number of nitrogens with one attached hydrogen (secondary N) is 1. The van der Waals surface area contributed by atoms with Gasteiger partial charge in [-0.15, -0.1) is 0 Å². The lowest BCUT2D eigenvalue weighted by Gasteiger charge is -2.31. The number of rotatable bonds is 5. The summed E-state index contributed by atoms with van der Waals surface area (Å²) in [6, 6.07) is 8.54. The summed E-state index contributed by atoms with van der Waals surface area (Å²) in [7, 11) is 0. The van der Waals surface area contributed by atoms with Crippen LogP contribution in [0.3, 0.4) is 0 Å². The van der Waals surface area contributed by atoms with Gasteiger partial charge in [-0.2, -0.15) is 0 Å². The lowest BCUT2D eigenvalue weighted by atomic mass is 9.82. The van der Waals surface area contributed by atoms with E-state index < -0.39 is 11.5 Å². The van der Waals surface area contributed by atoms with E-state index in [0.29, 0.717) is 12.3 Å². The average Bonchev–Trinajstić information content (AvgIpc) is 2.44. The first kappa shape index (κ1) is 14.1. The number of benzene rings is 1. The summed E-state index contributed by atoms with van der Waals surface area (Å²) in [4.78, 5) is 11.3. The number of carboxylic acids is 1. The molecular weight excluding hydrogens is 238 g/mol. The molecule has 0 saturated carbocycles. The third-order valence-corrected chi connectivity index (χ3v) is 4.41. The summed E-state index contributed by atoms with van der Waals surface area (Å²) in [6.45, 7) is 4.42. The molecule has 104 valence electrons. The quantitative estimate of drug-likeness (QED) is 0.856. The Morgan fingerprint density at radius 1 is 1.47 bits per heavy atom. The first-order valence-electron chi connectivity index (χ1n) is 7.13. The van der Waals surface area contributed by atoms with E-state index in [4.69, 9.17) is 0 Å². The zero-order valence-electron chi connectivity index (χ0n) is 11.8. The van der Waals surface area contributed by atoms with E-state index in [9.17, 15) is 9.90 Å². The highest BCUT2D eigenvalue weighted by Gasteiger charge is 2.31. The van der Waals surface area contributed by atoms with E-state index in [1.807, 2.05) is 6.92 Å². The number of carboxylic acid groups (broad SMARTS) is 1. The van der Waals surface area contributed by atoms with Crippen LogP contribution in [0.1, 0.15) is 50.2 Å². The minimum atomic E-state index is -0.813. The molecule has 2 unspecified atom stereocenters. The first-order chi connectivity index (χ1) is 9.07. The van der Waals surface area contributed by atoms with Gasteiger partial charge in [-0.05, 0) is 49.7 Å². The van der Waals surface area contributed by atoms with Crippen LogP contribution in [0.2, 0.25) is 0 Å². The Bertz CT molecular complexity index is 458. The van der Waals surface area contributed by atoms with E-state index in [0.717, 1.165) is 19.4 Å². The van der Waals surface area contributed by atoms with Gasteiger partial charge in [-0.3, -0.25) is 4.79 Å². The largest absolute Gasteiger partial charge is 0.480 e. The van der Waals surface area contributed by atoms with Gasteiger partial charge >= 0.3 is 5.97 Å². The Morgan fingerprint density at radius 2 is 2.21 bits per heavy atom. The monoisotopic (exact) mass is 261 g/mol. The van der Waals surface area contributed by atoms with Crippen molar-refractivity contribution in [2.75, 3.05) is 6.54 Å². The normalized spacial score (nSPS) is 21.5. The number of aliphatic carboxylic acids is 1. The zero-order chi connectivity index (χ0) is 13.9. The maximum absolute atomic E-state index is 11.3. The molecule has 2 atom stereocenters. The van der Waals surface area contributed by atoms with Crippen molar-refractivity contribution in [1.82, 2.24) is 5.32 Å². The molecule has 0 aromatic heterocycles. The molecule has 0 radical (unpaired) electrons. The van der Waals surface area contributed by atoms with Crippen LogP contribution in [0.4, 0.5) is 0 Å². The third-order valence-electron chi connectivity index (χ3n) is 4.41. The van der Waals surface area contributed by atoms with E-state index in [2.05, 4.69) is 29.6 Å². The second-order valence-electron chi connectivity index (χ2n) is 5.66. The molecule has 2 rings (SSSR count). The maximum Gasteiger partial charge on any atom is 0.323 e. The van der Waals surface area contributed by atoms with E-state index in [1.165, 1.54) is 17.5 Å². The van der Waals surface area contributed by atoms with Crippen LogP contribution in [0.5, 0.6) is 0 Å². The highest BCUT2D eigenvalue weighted by Crippen LogP contribution is 2.31. The lowest BCUT2D eigenvalue weighted by molar-refractivity contribution is -0.144. The molecule has 2 N–H and O–H groups in total. The number of carbonyl (C=O) groups is 1. The third kappa shape index (κ3) is 2.98. The molecule has 19 heavy (non-hydrogen) atoms. The number of hydrogen-bond donors (Lipinski definition) is 2. The summed E-state index contributed by atoms with van der Waals surface area (Å²) in [5.41, 5.74) is 2.01. The van der Waals surface area contributed by atoms with Gasteiger partial charge in [0.1, 0.15) is 5.54 Å². The second kappa shape index (κ2) is 5.74. The molecule has 3 heteroatoms. The van der Waals surface area contributed by atoms with Crippen molar-refractivity contribution in [3.63, 3.8) is 0 Å². The van der Waals surface area contributed by atoms with E-state index in [-0.39, 0.29) is 0 Å². The molecule has 3 nitrogen and oxygen atoms in total. The summed E-state index contributed by atoms with van der Waals surface area (Å²) in [5.74, 6) is -0.325. The zero-order valence-corrected chi connectivity index (χ0v) is 11.8. The molecule has 1 aliphatic rings. The fraction of sp³-hybridized carbons (Fsp3) is 0.562. The smallest absolute Gasteiger partial charge is 0.323 e. The topological polar surface area (TPSA) is 49.3 Å². The van der Waals surface area contributed by atoms with Gasteiger partial charge in [0.05, 0.1) is 0 Å². The Balaban J connectivity index is 2.07. The van der Waals surface area contributed by atoms with Crippen molar-refractivity contribution in [1.29, 1.82) is 0 Å². The van der Waals surface area contributed by atoms with Crippen LogP contribution >= 0.6 is 0 Å². The van der Waals surface area contributed by atoms with Crippen LogP contribution in [0.15, 0.2) is 24.3 Å². The predicted octanol–water partition coefficient (Wildman–Crippen LogP) is 2.95. The first-order valence-corrected chi connectivity index (χ1v) is 7.13. The SMILES string of the molecule is CCC(C)(NCC1CCCc2ccccc21)C(=O)O. The fourth-order valence-electron chi connectivity index (χ4n) is 2.77. The summed E-state index contributed by atoms with van der Waals surface area (Å²) >= 11 is 0. The molecule has 0 aliphatic heterocycles. The Labute approximate surface area is 115 Å². The maximum atomic E-state index is 11.3. The molecule has 0 spiro atoms. The van der Waals surface area contributed by atoms with Gasteiger partial charge in [-0.25, -0.2) is 0 Å². The van der Waals surface area contributed by atoms with Gasteiger partial charge in [0.2, 0.25) is 0 Å². The molecule has 0 bridgehead atoms. The van der Waals surface area contributed by atoms with E-state index in [1.54, 1.807) is 6.92 Å².